The second-order valence-electron chi connectivity index (χ2n) is 12.0. The van der Waals surface area contributed by atoms with Crippen LogP contribution < -0.4 is 0 Å². The molecule has 3 aromatic rings. The number of benzene rings is 3. The van der Waals surface area contributed by atoms with Crippen LogP contribution in [0.2, 0.25) is 10.0 Å². The molecule has 0 bridgehead atoms. The number of thiol groups is 1. The molecule has 0 aromatic heterocycles. The van der Waals surface area contributed by atoms with Crippen LogP contribution in [0.5, 0.6) is 0 Å². The summed E-state index contributed by atoms with van der Waals surface area (Å²) in [4.78, 5) is 28.6. The van der Waals surface area contributed by atoms with Crippen LogP contribution in [0.4, 0.5) is 0 Å². The van der Waals surface area contributed by atoms with Crippen molar-refractivity contribution in [1.29, 1.82) is 0 Å². The number of carbonyl (C=O) groups is 2. The van der Waals surface area contributed by atoms with Crippen molar-refractivity contribution in [2.75, 3.05) is 13.1 Å². The largest absolute Gasteiger partial charge is 0.481 e. The summed E-state index contributed by atoms with van der Waals surface area (Å²) >= 11 is 12.7. The van der Waals surface area contributed by atoms with E-state index < -0.39 is 34.4 Å². The van der Waals surface area contributed by atoms with Gasteiger partial charge < -0.3 is 10.0 Å². The van der Waals surface area contributed by atoms with Gasteiger partial charge in [0, 0.05) is 35.1 Å². The lowest BCUT2D eigenvalue weighted by Crippen LogP contribution is -2.59. The maximum Gasteiger partial charge on any atom is 0.304 e. The van der Waals surface area contributed by atoms with Crippen LogP contribution in [0.25, 0.3) is 0 Å². The van der Waals surface area contributed by atoms with Gasteiger partial charge in [-0.15, -0.1) is 0 Å². The fraction of sp³-hybridized carbons (Fsp3) is 0.394. The van der Waals surface area contributed by atoms with Crippen molar-refractivity contribution in [3.63, 3.8) is 0 Å². The van der Waals surface area contributed by atoms with Crippen LogP contribution in [0, 0.1) is 11.3 Å². The van der Waals surface area contributed by atoms with Gasteiger partial charge in [-0.1, -0.05) is 84.7 Å². The predicted octanol–water partition coefficient (Wildman–Crippen LogP) is 6.38. The molecule has 1 N–H and O–H groups in total. The van der Waals surface area contributed by atoms with Crippen LogP contribution in [-0.2, 0) is 26.9 Å². The van der Waals surface area contributed by atoms with E-state index in [2.05, 4.69) is 0 Å². The van der Waals surface area contributed by atoms with Crippen molar-refractivity contribution < 1.29 is 23.1 Å². The van der Waals surface area contributed by atoms with Gasteiger partial charge in [-0.2, -0.15) is 0 Å². The average Bonchev–Trinajstić information content (AvgIpc) is 3.81. The van der Waals surface area contributed by atoms with Crippen molar-refractivity contribution in [2.24, 2.45) is 11.3 Å². The summed E-state index contributed by atoms with van der Waals surface area (Å²) in [6, 6.07) is 23.6. The molecule has 0 spiro atoms. The highest BCUT2D eigenvalue weighted by atomic mass is 35.5. The maximum atomic E-state index is 14.6. The van der Waals surface area contributed by atoms with E-state index in [1.807, 2.05) is 65.6 Å². The van der Waals surface area contributed by atoms with E-state index in [1.54, 1.807) is 25.1 Å². The molecule has 2 unspecified atom stereocenters. The van der Waals surface area contributed by atoms with E-state index >= 15 is 0 Å². The minimum absolute atomic E-state index is 0.0973. The average molecular weight is 644 g/mol. The molecule has 1 aliphatic heterocycles. The lowest BCUT2D eigenvalue weighted by atomic mass is 9.67. The number of carboxylic acid groups (broad SMARTS) is 1. The fourth-order valence-corrected chi connectivity index (χ4v) is 7.44. The van der Waals surface area contributed by atoms with Crippen LogP contribution in [0.3, 0.4) is 0 Å². The summed E-state index contributed by atoms with van der Waals surface area (Å²) in [6.07, 6.45) is 2.23. The van der Waals surface area contributed by atoms with Gasteiger partial charge in [-0.05, 0) is 72.6 Å². The quantitative estimate of drug-likeness (QED) is 0.224. The number of likely N-dealkylation sites (tertiary alicyclic amines) is 1. The van der Waals surface area contributed by atoms with Gasteiger partial charge in [0.2, 0.25) is 16.8 Å². The van der Waals surface area contributed by atoms with Gasteiger partial charge in [-0.25, -0.2) is 12.7 Å². The highest BCUT2D eigenvalue weighted by Crippen LogP contribution is 2.54. The molecule has 5 rings (SSSR count). The van der Waals surface area contributed by atoms with Gasteiger partial charge >= 0.3 is 5.97 Å². The Balaban J connectivity index is 1.60. The molecule has 1 saturated carbocycles. The van der Waals surface area contributed by atoms with E-state index in [4.69, 9.17) is 23.2 Å². The third kappa shape index (κ3) is 7.43. The number of hydrogen-bond acceptors (Lipinski definition) is 4. The molecule has 7 nitrogen and oxygen atoms in total. The zero-order chi connectivity index (χ0) is 30.7. The van der Waals surface area contributed by atoms with E-state index in [1.165, 1.54) is 4.31 Å². The Morgan fingerprint density at radius 1 is 1.00 bits per heavy atom. The summed E-state index contributed by atoms with van der Waals surface area (Å²) in [7, 11) is -2.93. The summed E-state index contributed by atoms with van der Waals surface area (Å²) < 4.78 is 26.6. The number of nitrogens with zero attached hydrogens (tertiary/aromatic N) is 2. The normalized spacial score (nSPS) is 23.1. The molecule has 2 aliphatic rings. The van der Waals surface area contributed by atoms with E-state index in [-0.39, 0.29) is 37.3 Å². The first kappa shape index (κ1) is 31.5. The monoisotopic (exact) mass is 642 g/mol. The van der Waals surface area contributed by atoms with Crippen LogP contribution in [0.15, 0.2) is 78.9 Å². The van der Waals surface area contributed by atoms with Crippen molar-refractivity contribution in [3.8, 4) is 0 Å². The molecule has 0 radical (unpaired) electrons. The van der Waals surface area contributed by atoms with Crippen molar-refractivity contribution in [1.82, 2.24) is 9.21 Å². The Morgan fingerprint density at radius 2 is 1.70 bits per heavy atom. The SMILES string of the molecule is C[C@]1(CC(=O)O)CC(c2cccc(Cl)c2)[C@@H](c2ccc(Cl)cc2)N(C(CN(CCc2ccccc2)[SH](=O)=O)C2CC2)C1=O. The topological polar surface area (TPSA) is 95.0 Å². The Bertz CT molecular complexity index is 1520. The molecule has 43 heavy (non-hydrogen) atoms. The molecule has 1 aliphatic carbocycles. The van der Waals surface area contributed by atoms with Crippen molar-refractivity contribution in [3.05, 3.63) is 106 Å². The number of piperidine rings is 1. The van der Waals surface area contributed by atoms with Crippen molar-refractivity contribution >= 4 is 46.0 Å². The first-order valence-corrected chi connectivity index (χ1v) is 16.4. The van der Waals surface area contributed by atoms with Crippen LogP contribution in [-0.4, -0.2) is 53.7 Å². The zero-order valence-corrected chi connectivity index (χ0v) is 26.3. The Morgan fingerprint density at radius 3 is 2.30 bits per heavy atom. The number of amides is 1. The number of aliphatic carboxylic acids is 1. The molecule has 228 valence electrons. The van der Waals surface area contributed by atoms with Gasteiger partial charge in [0.15, 0.2) is 0 Å². The Kier molecular flexibility index (Phi) is 9.81. The Hall–Kier alpha value is -2.91. The molecular formula is C33H36Cl2N2O5S. The van der Waals surface area contributed by atoms with Gasteiger partial charge in [-0.3, -0.25) is 9.59 Å². The van der Waals surface area contributed by atoms with Gasteiger partial charge in [0.05, 0.1) is 17.9 Å². The lowest BCUT2D eigenvalue weighted by molar-refractivity contribution is -0.161. The highest BCUT2D eigenvalue weighted by molar-refractivity contribution is 7.69. The predicted molar refractivity (Wildman–Crippen MR) is 169 cm³/mol. The Labute approximate surface area is 264 Å². The van der Waals surface area contributed by atoms with Crippen LogP contribution in [0.1, 0.15) is 61.3 Å². The fourth-order valence-electron chi connectivity index (χ4n) is 6.55. The first-order chi connectivity index (χ1) is 20.6. The minimum atomic E-state index is -2.93. The molecule has 3 aromatic carbocycles. The molecule has 1 heterocycles. The van der Waals surface area contributed by atoms with E-state index in [0.29, 0.717) is 22.9 Å². The summed E-state index contributed by atoms with van der Waals surface area (Å²) in [6.45, 7) is 2.14. The number of carboxylic acids is 1. The second-order valence-corrected chi connectivity index (χ2v) is 13.9. The standard InChI is InChI=1S/C33H36Cl2N2O5S/c1-33(20-30(38)39)19-28(25-8-5-9-27(35)18-25)31(24-12-14-26(34)15-13-24)37(32(33)40)29(23-10-11-23)21-36(43(41)42)17-16-22-6-3-2-4-7-22/h2-9,12-15,18,23,28-29,31,43H,10-11,16-17,19-21H2,1H3,(H,38,39)/t28?,29?,31-,33-/m1/s1. The zero-order valence-electron chi connectivity index (χ0n) is 23.9. The molecule has 10 heteroatoms. The van der Waals surface area contributed by atoms with Gasteiger partial charge in [0.1, 0.15) is 0 Å². The minimum Gasteiger partial charge on any atom is -0.481 e. The smallest absolute Gasteiger partial charge is 0.304 e. The van der Waals surface area contributed by atoms with Crippen molar-refractivity contribution in [2.45, 2.75) is 57.0 Å². The molecule has 2 fully saturated rings. The molecule has 1 saturated heterocycles. The van der Waals surface area contributed by atoms with E-state index in [9.17, 15) is 23.1 Å². The number of halogens is 2. The number of rotatable bonds is 12. The lowest BCUT2D eigenvalue weighted by Gasteiger charge is -2.52. The number of hydrogen-bond donors (Lipinski definition) is 2. The highest BCUT2D eigenvalue weighted by Gasteiger charge is 2.54. The molecule has 1 amide bonds. The number of carbonyl (C=O) groups excluding carboxylic acids is 1. The molecular weight excluding hydrogens is 607 g/mol. The van der Waals surface area contributed by atoms with Crippen LogP contribution >= 0.6 is 23.2 Å². The summed E-state index contributed by atoms with van der Waals surface area (Å²) in [5.41, 5.74) is 1.57. The third-order valence-electron chi connectivity index (χ3n) is 8.79. The summed E-state index contributed by atoms with van der Waals surface area (Å²) in [5, 5.41) is 11.0. The first-order valence-electron chi connectivity index (χ1n) is 14.5. The summed E-state index contributed by atoms with van der Waals surface area (Å²) in [5.74, 6) is -1.52. The molecule has 4 atom stereocenters. The van der Waals surface area contributed by atoms with E-state index in [0.717, 1.165) is 29.5 Å². The van der Waals surface area contributed by atoms with Gasteiger partial charge in [0.25, 0.3) is 0 Å². The third-order valence-corrected chi connectivity index (χ3v) is 10.1. The maximum absolute atomic E-state index is 14.6. The second kappa shape index (κ2) is 13.4.